The van der Waals surface area contributed by atoms with Crippen molar-refractivity contribution in [1.82, 2.24) is 10.2 Å². The SMILES string of the molecule is CC(CNC1CCOc2ccccc21)CN(C)C(=O)OC(C)(C)C. The van der Waals surface area contributed by atoms with Crippen LogP contribution in [-0.2, 0) is 4.74 Å². The van der Waals surface area contributed by atoms with Crippen LogP contribution in [0.3, 0.4) is 0 Å². The molecule has 0 saturated carbocycles. The van der Waals surface area contributed by atoms with Crippen LogP contribution in [0.1, 0.15) is 45.7 Å². The van der Waals surface area contributed by atoms with Gasteiger partial charge in [0.1, 0.15) is 11.4 Å². The molecule has 1 amide bonds. The number of nitrogens with zero attached hydrogens (tertiary/aromatic N) is 1. The van der Waals surface area contributed by atoms with Crippen molar-refractivity contribution < 1.29 is 14.3 Å². The van der Waals surface area contributed by atoms with Crippen LogP contribution in [0.2, 0.25) is 0 Å². The van der Waals surface area contributed by atoms with E-state index in [-0.39, 0.29) is 6.09 Å². The number of amides is 1. The van der Waals surface area contributed by atoms with E-state index < -0.39 is 5.60 Å². The lowest BCUT2D eigenvalue weighted by molar-refractivity contribution is 0.0276. The molecular formula is C19H30N2O3. The minimum Gasteiger partial charge on any atom is -0.493 e. The fourth-order valence-corrected chi connectivity index (χ4v) is 2.84. The smallest absolute Gasteiger partial charge is 0.410 e. The van der Waals surface area contributed by atoms with Gasteiger partial charge in [-0.15, -0.1) is 0 Å². The maximum absolute atomic E-state index is 12.0. The highest BCUT2D eigenvalue weighted by atomic mass is 16.6. The summed E-state index contributed by atoms with van der Waals surface area (Å²) in [6, 6.07) is 8.48. The van der Waals surface area contributed by atoms with Gasteiger partial charge in [-0.2, -0.15) is 0 Å². The van der Waals surface area contributed by atoms with Gasteiger partial charge in [-0.05, 0) is 39.3 Å². The highest BCUT2D eigenvalue weighted by Crippen LogP contribution is 2.31. The Bertz CT molecular complexity index is 554. The van der Waals surface area contributed by atoms with Crippen LogP contribution in [0, 0.1) is 5.92 Å². The van der Waals surface area contributed by atoms with Gasteiger partial charge in [0.2, 0.25) is 0 Å². The van der Waals surface area contributed by atoms with Crippen molar-refractivity contribution in [3.8, 4) is 5.75 Å². The molecule has 5 nitrogen and oxygen atoms in total. The molecule has 1 N–H and O–H groups in total. The molecule has 5 heteroatoms. The zero-order chi connectivity index (χ0) is 17.7. The molecule has 24 heavy (non-hydrogen) atoms. The summed E-state index contributed by atoms with van der Waals surface area (Å²) in [4.78, 5) is 13.7. The number of nitrogens with one attached hydrogen (secondary N) is 1. The lowest BCUT2D eigenvalue weighted by Crippen LogP contribution is -2.39. The fraction of sp³-hybridized carbons (Fsp3) is 0.632. The molecule has 1 aliphatic heterocycles. The monoisotopic (exact) mass is 334 g/mol. The Morgan fingerprint density at radius 3 is 2.83 bits per heavy atom. The third-order valence-electron chi connectivity index (χ3n) is 3.96. The van der Waals surface area contributed by atoms with Gasteiger partial charge in [0.15, 0.2) is 0 Å². The average Bonchev–Trinajstić information content (AvgIpc) is 2.51. The molecule has 1 heterocycles. The zero-order valence-corrected chi connectivity index (χ0v) is 15.5. The van der Waals surface area contributed by atoms with Gasteiger partial charge < -0.3 is 19.7 Å². The van der Waals surface area contributed by atoms with Crippen molar-refractivity contribution in [2.45, 2.75) is 45.8 Å². The molecule has 1 aromatic carbocycles. The molecular weight excluding hydrogens is 304 g/mol. The standard InChI is InChI=1S/C19H30N2O3/c1-14(13-21(5)18(22)24-19(2,3)4)12-20-16-10-11-23-17-9-7-6-8-15(16)17/h6-9,14,16,20H,10-13H2,1-5H3. The summed E-state index contributed by atoms with van der Waals surface area (Å²) in [5.74, 6) is 1.30. The molecule has 2 rings (SSSR count). The topological polar surface area (TPSA) is 50.8 Å². The summed E-state index contributed by atoms with van der Waals surface area (Å²) in [5.41, 5.74) is 0.759. The minimum absolute atomic E-state index is 0.272. The molecule has 1 aromatic rings. The van der Waals surface area contributed by atoms with Gasteiger partial charge in [0.05, 0.1) is 6.61 Å². The first-order valence-corrected chi connectivity index (χ1v) is 8.65. The van der Waals surface area contributed by atoms with E-state index in [0.29, 0.717) is 18.5 Å². The summed E-state index contributed by atoms with van der Waals surface area (Å²) < 4.78 is 11.1. The van der Waals surface area contributed by atoms with Crippen molar-refractivity contribution in [3.63, 3.8) is 0 Å². The molecule has 0 radical (unpaired) electrons. The van der Waals surface area contributed by atoms with E-state index in [9.17, 15) is 4.79 Å². The summed E-state index contributed by atoms with van der Waals surface area (Å²) >= 11 is 0. The third kappa shape index (κ3) is 5.41. The quantitative estimate of drug-likeness (QED) is 0.894. The second-order valence-corrected chi connectivity index (χ2v) is 7.60. The lowest BCUT2D eigenvalue weighted by atomic mass is 10.00. The van der Waals surface area contributed by atoms with Crippen LogP contribution in [0.4, 0.5) is 4.79 Å². The van der Waals surface area contributed by atoms with Crippen LogP contribution in [0.25, 0.3) is 0 Å². The lowest BCUT2D eigenvalue weighted by Gasteiger charge is -2.29. The van der Waals surface area contributed by atoms with E-state index in [4.69, 9.17) is 9.47 Å². The Labute approximate surface area is 145 Å². The van der Waals surface area contributed by atoms with E-state index in [0.717, 1.165) is 25.3 Å². The first kappa shape index (κ1) is 18.6. The van der Waals surface area contributed by atoms with Gasteiger partial charge in [-0.3, -0.25) is 0 Å². The molecule has 1 aliphatic rings. The Hall–Kier alpha value is -1.75. The number of hydrogen-bond donors (Lipinski definition) is 1. The van der Waals surface area contributed by atoms with Gasteiger partial charge >= 0.3 is 6.09 Å². The first-order chi connectivity index (χ1) is 11.3. The summed E-state index contributed by atoms with van der Waals surface area (Å²) in [5, 5.41) is 3.61. The second-order valence-electron chi connectivity index (χ2n) is 7.60. The second kappa shape index (κ2) is 7.88. The molecule has 0 saturated heterocycles. The highest BCUT2D eigenvalue weighted by molar-refractivity contribution is 5.67. The molecule has 2 atom stereocenters. The predicted molar refractivity (Wildman–Crippen MR) is 95.3 cm³/mol. The van der Waals surface area contributed by atoms with Crippen molar-refractivity contribution in [2.75, 3.05) is 26.7 Å². The molecule has 2 unspecified atom stereocenters. The fourth-order valence-electron chi connectivity index (χ4n) is 2.84. The van der Waals surface area contributed by atoms with E-state index in [1.54, 1.807) is 11.9 Å². The number of carbonyl (C=O) groups is 1. The van der Waals surface area contributed by atoms with Crippen LogP contribution in [0.15, 0.2) is 24.3 Å². The molecule has 134 valence electrons. The number of carbonyl (C=O) groups excluding carboxylic acids is 1. The highest BCUT2D eigenvalue weighted by Gasteiger charge is 2.23. The number of rotatable bonds is 5. The average molecular weight is 334 g/mol. The zero-order valence-electron chi connectivity index (χ0n) is 15.5. The normalized spacial score (nSPS) is 18.3. The predicted octanol–water partition coefficient (Wildman–Crippen LogP) is 3.60. The molecule has 0 aromatic heterocycles. The maximum atomic E-state index is 12.0. The summed E-state index contributed by atoms with van der Waals surface area (Å²) in [7, 11) is 1.79. The molecule has 0 aliphatic carbocycles. The van der Waals surface area contributed by atoms with Crippen molar-refractivity contribution in [3.05, 3.63) is 29.8 Å². The largest absolute Gasteiger partial charge is 0.493 e. The van der Waals surface area contributed by atoms with Crippen LogP contribution < -0.4 is 10.1 Å². The van der Waals surface area contributed by atoms with Crippen LogP contribution >= 0.6 is 0 Å². The Kier molecular flexibility index (Phi) is 6.10. The van der Waals surface area contributed by atoms with Gasteiger partial charge in [0, 0.05) is 31.6 Å². The van der Waals surface area contributed by atoms with Gasteiger partial charge in [0.25, 0.3) is 0 Å². The first-order valence-electron chi connectivity index (χ1n) is 8.65. The summed E-state index contributed by atoms with van der Waals surface area (Å²) in [6.07, 6.45) is 0.691. The number of hydrogen-bond acceptors (Lipinski definition) is 4. The van der Waals surface area contributed by atoms with Crippen LogP contribution in [-0.4, -0.2) is 43.3 Å². The van der Waals surface area contributed by atoms with Crippen molar-refractivity contribution in [1.29, 1.82) is 0 Å². The third-order valence-corrected chi connectivity index (χ3v) is 3.96. The van der Waals surface area contributed by atoms with Crippen molar-refractivity contribution >= 4 is 6.09 Å². The minimum atomic E-state index is -0.460. The van der Waals surface area contributed by atoms with Gasteiger partial charge in [-0.1, -0.05) is 25.1 Å². The van der Waals surface area contributed by atoms with E-state index in [2.05, 4.69) is 18.3 Å². The van der Waals surface area contributed by atoms with Crippen LogP contribution in [0.5, 0.6) is 5.75 Å². The number of fused-ring (bicyclic) bond motifs is 1. The Morgan fingerprint density at radius 1 is 1.42 bits per heavy atom. The number of ether oxygens (including phenoxy) is 2. The molecule has 0 bridgehead atoms. The molecule has 0 spiro atoms. The van der Waals surface area contributed by atoms with Crippen molar-refractivity contribution in [2.24, 2.45) is 5.92 Å². The Balaban J connectivity index is 1.81. The Morgan fingerprint density at radius 2 is 2.12 bits per heavy atom. The molecule has 0 fully saturated rings. The number of para-hydroxylation sites is 1. The van der Waals surface area contributed by atoms with E-state index in [1.807, 2.05) is 39.0 Å². The summed E-state index contributed by atoms with van der Waals surface area (Å²) in [6.45, 7) is 10.0. The van der Waals surface area contributed by atoms with Gasteiger partial charge in [-0.25, -0.2) is 4.79 Å². The maximum Gasteiger partial charge on any atom is 0.410 e. The van der Waals surface area contributed by atoms with E-state index >= 15 is 0 Å². The number of benzene rings is 1. The van der Waals surface area contributed by atoms with E-state index in [1.165, 1.54) is 5.56 Å².